The van der Waals surface area contributed by atoms with Crippen LogP contribution in [0.1, 0.15) is 6.42 Å². The molecule has 1 saturated heterocycles. The maximum Gasteiger partial charge on any atom is 0.123 e. The Balaban J connectivity index is 1.61. The van der Waals surface area contributed by atoms with Gasteiger partial charge in [-0.2, -0.15) is 0 Å². The second-order valence-corrected chi connectivity index (χ2v) is 5.23. The van der Waals surface area contributed by atoms with Crippen molar-refractivity contribution < 1.29 is 9.47 Å². The van der Waals surface area contributed by atoms with Gasteiger partial charge in [-0.1, -0.05) is 0 Å². The monoisotopic (exact) mass is 294 g/mol. The van der Waals surface area contributed by atoms with E-state index in [2.05, 4.69) is 14.8 Å². The van der Waals surface area contributed by atoms with Crippen LogP contribution in [0.4, 0.5) is 11.5 Å². The van der Waals surface area contributed by atoms with Gasteiger partial charge in [0.15, 0.2) is 0 Å². The number of aromatic nitrogens is 1. The van der Waals surface area contributed by atoms with Crippen LogP contribution < -0.4 is 10.6 Å². The molecule has 21 heavy (non-hydrogen) atoms. The van der Waals surface area contributed by atoms with Crippen LogP contribution in [-0.4, -0.2) is 69.5 Å². The molecule has 0 saturated carbocycles. The van der Waals surface area contributed by atoms with Crippen LogP contribution in [0.2, 0.25) is 0 Å². The van der Waals surface area contributed by atoms with E-state index < -0.39 is 0 Å². The van der Waals surface area contributed by atoms with Gasteiger partial charge in [0.25, 0.3) is 0 Å². The Kier molecular flexibility index (Phi) is 6.72. The van der Waals surface area contributed by atoms with Crippen LogP contribution in [0.3, 0.4) is 0 Å². The van der Waals surface area contributed by atoms with E-state index >= 15 is 0 Å². The lowest BCUT2D eigenvalue weighted by atomic mass is 10.2. The average Bonchev–Trinajstić information content (AvgIpc) is 2.52. The molecule has 1 fully saturated rings. The molecule has 6 heteroatoms. The minimum Gasteiger partial charge on any atom is -0.384 e. The quantitative estimate of drug-likeness (QED) is 0.717. The van der Waals surface area contributed by atoms with Gasteiger partial charge in [-0.3, -0.25) is 4.90 Å². The lowest BCUT2D eigenvalue weighted by Gasteiger charge is -2.35. The highest BCUT2D eigenvalue weighted by atomic mass is 16.5. The summed E-state index contributed by atoms with van der Waals surface area (Å²) in [6.07, 6.45) is 2.93. The second kappa shape index (κ2) is 8.81. The third-order valence-electron chi connectivity index (χ3n) is 3.70. The number of nitrogen functional groups attached to an aromatic ring is 1. The zero-order valence-corrected chi connectivity index (χ0v) is 12.8. The van der Waals surface area contributed by atoms with Crippen LogP contribution in [-0.2, 0) is 9.47 Å². The molecule has 0 radical (unpaired) electrons. The van der Waals surface area contributed by atoms with E-state index in [0.29, 0.717) is 19.0 Å². The number of methoxy groups -OCH3 is 1. The topological polar surface area (TPSA) is 63.9 Å². The zero-order valence-electron chi connectivity index (χ0n) is 12.8. The lowest BCUT2D eigenvalue weighted by molar-refractivity contribution is 0.0649. The Labute approximate surface area is 126 Å². The molecule has 0 atom stereocenters. The van der Waals surface area contributed by atoms with Crippen molar-refractivity contribution in [3.05, 3.63) is 18.3 Å². The van der Waals surface area contributed by atoms with Gasteiger partial charge in [0, 0.05) is 46.4 Å². The molecule has 2 heterocycles. The summed E-state index contributed by atoms with van der Waals surface area (Å²) in [5.74, 6) is 0.575. The number of hydrogen-bond acceptors (Lipinski definition) is 6. The van der Waals surface area contributed by atoms with Crippen molar-refractivity contribution >= 4 is 11.5 Å². The SMILES string of the molecule is COCCOCCCN1CCN(c2ccc(N)nc2)CC1. The molecule has 1 aliphatic rings. The van der Waals surface area contributed by atoms with Crippen LogP contribution in [0.25, 0.3) is 0 Å². The molecule has 118 valence electrons. The summed E-state index contributed by atoms with van der Waals surface area (Å²) in [4.78, 5) is 9.00. The van der Waals surface area contributed by atoms with Crippen molar-refractivity contribution in [2.45, 2.75) is 6.42 Å². The first-order valence-electron chi connectivity index (χ1n) is 7.55. The van der Waals surface area contributed by atoms with Gasteiger partial charge >= 0.3 is 0 Å². The first-order chi connectivity index (χ1) is 10.3. The van der Waals surface area contributed by atoms with Gasteiger partial charge < -0.3 is 20.1 Å². The molecular formula is C15H26N4O2. The van der Waals surface area contributed by atoms with Crippen molar-refractivity contribution in [1.29, 1.82) is 0 Å². The molecule has 0 amide bonds. The highest BCUT2D eigenvalue weighted by molar-refractivity contribution is 5.48. The standard InChI is InChI=1S/C15H26N4O2/c1-20-11-12-21-10-2-5-18-6-8-19(9-7-18)14-3-4-15(16)17-13-14/h3-4,13H,2,5-12H2,1H3,(H2,16,17). The smallest absolute Gasteiger partial charge is 0.123 e. The molecule has 1 aliphatic heterocycles. The van der Waals surface area contributed by atoms with Gasteiger partial charge in [-0.15, -0.1) is 0 Å². The second-order valence-electron chi connectivity index (χ2n) is 5.23. The molecule has 0 bridgehead atoms. The van der Waals surface area contributed by atoms with Gasteiger partial charge in [-0.25, -0.2) is 4.98 Å². The third kappa shape index (κ3) is 5.49. The fraction of sp³-hybridized carbons (Fsp3) is 0.667. The van der Waals surface area contributed by atoms with Crippen molar-refractivity contribution in [1.82, 2.24) is 9.88 Å². The summed E-state index contributed by atoms with van der Waals surface area (Å²) in [5, 5.41) is 0. The summed E-state index contributed by atoms with van der Waals surface area (Å²) in [6.45, 7) is 7.52. The summed E-state index contributed by atoms with van der Waals surface area (Å²) >= 11 is 0. The number of nitrogens with two attached hydrogens (primary N) is 1. The van der Waals surface area contributed by atoms with Crippen molar-refractivity contribution in [2.24, 2.45) is 0 Å². The fourth-order valence-electron chi connectivity index (χ4n) is 2.45. The lowest BCUT2D eigenvalue weighted by Crippen LogP contribution is -2.46. The van der Waals surface area contributed by atoms with E-state index in [-0.39, 0.29) is 0 Å². The molecule has 0 unspecified atom stereocenters. The fourth-order valence-corrected chi connectivity index (χ4v) is 2.45. The molecule has 2 rings (SSSR count). The summed E-state index contributed by atoms with van der Waals surface area (Å²) in [7, 11) is 1.69. The van der Waals surface area contributed by atoms with Gasteiger partial charge in [-0.05, 0) is 18.6 Å². The average molecular weight is 294 g/mol. The van der Waals surface area contributed by atoms with Crippen LogP contribution in [0.15, 0.2) is 18.3 Å². The molecule has 0 aromatic carbocycles. The van der Waals surface area contributed by atoms with Crippen LogP contribution in [0, 0.1) is 0 Å². The first kappa shape index (κ1) is 16.0. The minimum absolute atomic E-state index is 0.575. The Morgan fingerprint density at radius 3 is 2.62 bits per heavy atom. The van der Waals surface area contributed by atoms with E-state index in [4.69, 9.17) is 15.2 Å². The Bertz CT molecular complexity index is 391. The molecule has 0 spiro atoms. The Morgan fingerprint density at radius 1 is 1.14 bits per heavy atom. The van der Waals surface area contributed by atoms with Crippen molar-refractivity contribution in [3.8, 4) is 0 Å². The van der Waals surface area contributed by atoms with E-state index in [1.165, 1.54) is 0 Å². The number of rotatable bonds is 8. The number of piperazine rings is 1. The van der Waals surface area contributed by atoms with Crippen LogP contribution >= 0.6 is 0 Å². The number of nitrogens with zero attached hydrogens (tertiary/aromatic N) is 3. The Morgan fingerprint density at radius 2 is 1.95 bits per heavy atom. The van der Waals surface area contributed by atoms with E-state index in [1.54, 1.807) is 7.11 Å². The zero-order chi connectivity index (χ0) is 14.9. The number of pyridine rings is 1. The predicted molar refractivity (Wildman–Crippen MR) is 84.6 cm³/mol. The first-order valence-corrected chi connectivity index (χ1v) is 7.55. The predicted octanol–water partition coefficient (Wildman–Crippen LogP) is 0.839. The summed E-state index contributed by atoms with van der Waals surface area (Å²) in [6, 6.07) is 3.90. The van der Waals surface area contributed by atoms with Gasteiger partial charge in [0.05, 0.1) is 25.1 Å². The number of hydrogen-bond donors (Lipinski definition) is 1. The Hall–Kier alpha value is -1.37. The summed E-state index contributed by atoms with van der Waals surface area (Å²) in [5.41, 5.74) is 6.78. The highest BCUT2D eigenvalue weighted by Gasteiger charge is 2.16. The number of anilines is 2. The molecule has 1 aromatic heterocycles. The highest BCUT2D eigenvalue weighted by Crippen LogP contribution is 2.16. The molecule has 0 aliphatic carbocycles. The normalized spacial score (nSPS) is 16.3. The summed E-state index contributed by atoms with van der Waals surface area (Å²) < 4.78 is 10.4. The van der Waals surface area contributed by atoms with Crippen molar-refractivity contribution in [2.75, 3.05) is 70.3 Å². The molecule has 6 nitrogen and oxygen atoms in total. The third-order valence-corrected chi connectivity index (χ3v) is 3.70. The maximum atomic E-state index is 5.62. The van der Waals surface area contributed by atoms with E-state index in [9.17, 15) is 0 Å². The molecular weight excluding hydrogens is 268 g/mol. The van der Waals surface area contributed by atoms with Gasteiger partial charge in [0.2, 0.25) is 0 Å². The number of ether oxygens (including phenoxy) is 2. The molecule has 2 N–H and O–H groups in total. The van der Waals surface area contributed by atoms with E-state index in [0.717, 1.165) is 51.4 Å². The van der Waals surface area contributed by atoms with Crippen molar-refractivity contribution in [3.63, 3.8) is 0 Å². The molecule has 1 aromatic rings. The van der Waals surface area contributed by atoms with Gasteiger partial charge in [0.1, 0.15) is 5.82 Å². The maximum absolute atomic E-state index is 5.62. The van der Waals surface area contributed by atoms with Crippen LogP contribution in [0.5, 0.6) is 0 Å². The largest absolute Gasteiger partial charge is 0.384 e. The minimum atomic E-state index is 0.575. The van der Waals surface area contributed by atoms with E-state index in [1.807, 2.05) is 18.3 Å².